The molecule has 1 saturated carbocycles. The summed E-state index contributed by atoms with van der Waals surface area (Å²) in [6.07, 6.45) is 3.45. The monoisotopic (exact) mass is 250 g/mol. The van der Waals surface area contributed by atoms with Crippen molar-refractivity contribution in [1.82, 2.24) is 5.32 Å². The molecule has 1 aliphatic carbocycles. The first-order chi connectivity index (χ1) is 8.65. The van der Waals surface area contributed by atoms with E-state index in [2.05, 4.69) is 17.6 Å². The molecule has 1 aromatic carbocycles. The Balaban J connectivity index is 1.77. The minimum atomic E-state index is -0.402. The Kier molecular flexibility index (Phi) is 4.31. The molecule has 1 fully saturated rings. The van der Waals surface area contributed by atoms with Gasteiger partial charge in [-0.1, -0.05) is 19.1 Å². The zero-order valence-corrected chi connectivity index (χ0v) is 10.6. The number of carbonyl (C=O) groups is 1. The van der Waals surface area contributed by atoms with Crippen LogP contribution in [0.25, 0.3) is 0 Å². The zero-order chi connectivity index (χ0) is 13.0. The van der Waals surface area contributed by atoms with Gasteiger partial charge < -0.3 is 10.6 Å². The first-order valence-corrected chi connectivity index (χ1v) is 6.43. The Labute approximate surface area is 107 Å². The molecule has 0 spiro atoms. The average Bonchev–Trinajstić information content (AvgIpc) is 2.76. The van der Waals surface area contributed by atoms with Crippen LogP contribution in [0.1, 0.15) is 26.2 Å². The molecule has 0 radical (unpaired) electrons. The van der Waals surface area contributed by atoms with Gasteiger partial charge in [0.05, 0.1) is 12.2 Å². The summed E-state index contributed by atoms with van der Waals surface area (Å²) in [4.78, 5) is 11.7. The van der Waals surface area contributed by atoms with Gasteiger partial charge in [0.1, 0.15) is 5.82 Å². The number of hydrogen-bond donors (Lipinski definition) is 2. The first-order valence-electron chi connectivity index (χ1n) is 6.43. The molecule has 18 heavy (non-hydrogen) atoms. The molecule has 4 heteroatoms. The molecule has 98 valence electrons. The fraction of sp³-hybridized carbons (Fsp3) is 0.500. The van der Waals surface area contributed by atoms with Crippen molar-refractivity contribution in [2.45, 2.75) is 32.2 Å². The second kappa shape index (κ2) is 5.96. The van der Waals surface area contributed by atoms with Crippen molar-refractivity contribution in [1.29, 1.82) is 0 Å². The fourth-order valence-electron chi connectivity index (χ4n) is 2.39. The van der Waals surface area contributed by atoms with Gasteiger partial charge in [-0.15, -0.1) is 0 Å². The molecule has 1 amide bonds. The van der Waals surface area contributed by atoms with E-state index < -0.39 is 5.82 Å². The minimum absolute atomic E-state index is 0.195. The SMILES string of the molecule is CC1CCC(NCC(=O)Nc2ccccc2F)C1. The van der Waals surface area contributed by atoms with Crippen LogP contribution in [0, 0.1) is 11.7 Å². The zero-order valence-electron chi connectivity index (χ0n) is 10.6. The molecule has 2 unspecified atom stereocenters. The predicted octanol–water partition coefficient (Wildman–Crippen LogP) is 2.54. The van der Waals surface area contributed by atoms with Gasteiger partial charge in [-0.3, -0.25) is 4.79 Å². The Morgan fingerprint density at radius 3 is 2.83 bits per heavy atom. The molecule has 0 bridgehead atoms. The van der Waals surface area contributed by atoms with E-state index in [9.17, 15) is 9.18 Å². The standard InChI is InChI=1S/C14H19FN2O/c1-10-6-7-11(8-10)16-9-14(18)17-13-5-3-2-4-12(13)15/h2-5,10-11,16H,6-9H2,1H3,(H,17,18). The summed E-state index contributed by atoms with van der Waals surface area (Å²) in [5.41, 5.74) is 0.240. The molecule has 0 heterocycles. The number of hydrogen-bond acceptors (Lipinski definition) is 2. The molecule has 0 saturated heterocycles. The third kappa shape index (κ3) is 3.53. The second-order valence-electron chi connectivity index (χ2n) is 5.02. The number of benzene rings is 1. The number of rotatable bonds is 4. The van der Waals surface area contributed by atoms with Crippen LogP contribution in [0.15, 0.2) is 24.3 Å². The molecular weight excluding hydrogens is 231 g/mol. The van der Waals surface area contributed by atoms with Gasteiger partial charge in [-0.2, -0.15) is 0 Å². The van der Waals surface area contributed by atoms with E-state index >= 15 is 0 Å². The first kappa shape index (κ1) is 13.0. The molecule has 2 atom stereocenters. The van der Waals surface area contributed by atoms with E-state index in [4.69, 9.17) is 0 Å². The van der Waals surface area contributed by atoms with Crippen LogP contribution in [-0.2, 0) is 4.79 Å². The van der Waals surface area contributed by atoms with E-state index in [0.29, 0.717) is 6.04 Å². The van der Waals surface area contributed by atoms with Crippen molar-refractivity contribution < 1.29 is 9.18 Å². The van der Waals surface area contributed by atoms with Crippen LogP contribution >= 0.6 is 0 Å². The maximum atomic E-state index is 13.3. The number of amides is 1. The lowest BCUT2D eigenvalue weighted by Crippen LogP contribution is -2.34. The Morgan fingerprint density at radius 2 is 2.17 bits per heavy atom. The molecule has 0 aliphatic heterocycles. The molecule has 3 nitrogen and oxygen atoms in total. The largest absolute Gasteiger partial charge is 0.322 e. The lowest BCUT2D eigenvalue weighted by Gasteiger charge is -2.12. The summed E-state index contributed by atoms with van der Waals surface area (Å²) >= 11 is 0. The minimum Gasteiger partial charge on any atom is -0.322 e. The predicted molar refractivity (Wildman–Crippen MR) is 69.8 cm³/mol. The topological polar surface area (TPSA) is 41.1 Å². The fourth-order valence-corrected chi connectivity index (χ4v) is 2.39. The molecule has 0 aromatic heterocycles. The van der Waals surface area contributed by atoms with Gasteiger partial charge in [0, 0.05) is 6.04 Å². The van der Waals surface area contributed by atoms with Gasteiger partial charge in [-0.25, -0.2) is 4.39 Å². The summed E-state index contributed by atoms with van der Waals surface area (Å²) in [7, 11) is 0. The van der Waals surface area contributed by atoms with Crippen molar-refractivity contribution in [2.24, 2.45) is 5.92 Å². The number of carbonyl (C=O) groups excluding carboxylic acids is 1. The second-order valence-corrected chi connectivity index (χ2v) is 5.02. The highest BCUT2D eigenvalue weighted by Crippen LogP contribution is 2.24. The maximum Gasteiger partial charge on any atom is 0.238 e. The highest BCUT2D eigenvalue weighted by molar-refractivity contribution is 5.92. The van der Waals surface area contributed by atoms with E-state index in [1.54, 1.807) is 18.2 Å². The van der Waals surface area contributed by atoms with E-state index in [1.165, 1.54) is 12.5 Å². The molecular formula is C14H19FN2O. The third-order valence-electron chi connectivity index (χ3n) is 3.39. The smallest absolute Gasteiger partial charge is 0.238 e. The van der Waals surface area contributed by atoms with E-state index in [-0.39, 0.29) is 18.1 Å². The van der Waals surface area contributed by atoms with Gasteiger partial charge in [0.2, 0.25) is 5.91 Å². The summed E-state index contributed by atoms with van der Waals surface area (Å²) in [6, 6.07) is 6.62. The normalized spacial score (nSPS) is 23.0. The van der Waals surface area contributed by atoms with Gasteiger partial charge in [0.15, 0.2) is 0 Å². The van der Waals surface area contributed by atoms with Crippen molar-refractivity contribution in [3.8, 4) is 0 Å². The number of nitrogens with one attached hydrogen (secondary N) is 2. The molecule has 1 aliphatic rings. The van der Waals surface area contributed by atoms with Crippen molar-refractivity contribution in [3.63, 3.8) is 0 Å². The quantitative estimate of drug-likeness (QED) is 0.862. The van der Waals surface area contributed by atoms with Gasteiger partial charge in [-0.05, 0) is 37.3 Å². The van der Waals surface area contributed by atoms with E-state index in [0.717, 1.165) is 18.8 Å². The summed E-state index contributed by atoms with van der Waals surface area (Å²) in [6.45, 7) is 2.47. The van der Waals surface area contributed by atoms with Gasteiger partial charge in [0.25, 0.3) is 0 Å². The summed E-state index contributed by atoms with van der Waals surface area (Å²) in [5, 5.41) is 5.79. The number of para-hydroxylation sites is 1. The molecule has 2 N–H and O–H groups in total. The van der Waals surface area contributed by atoms with Gasteiger partial charge >= 0.3 is 0 Å². The lowest BCUT2D eigenvalue weighted by atomic mass is 10.1. The number of halogens is 1. The average molecular weight is 250 g/mol. The van der Waals surface area contributed by atoms with E-state index in [1.807, 2.05) is 0 Å². The highest BCUT2D eigenvalue weighted by Gasteiger charge is 2.21. The molecule has 1 aromatic rings. The highest BCUT2D eigenvalue weighted by atomic mass is 19.1. The van der Waals surface area contributed by atoms with Crippen LogP contribution in [0.5, 0.6) is 0 Å². The number of anilines is 1. The van der Waals surface area contributed by atoms with Crippen LogP contribution in [0.3, 0.4) is 0 Å². The lowest BCUT2D eigenvalue weighted by molar-refractivity contribution is -0.115. The van der Waals surface area contributed by atoms with Crippen LogP contribution in [0.2, 0.25) is 0 Å². The summed E-state index contributed by atoms with van der Waals surface area (Å²) in [5.74, 6) is 0.136. The Bertz CT molecular complexity index is 422. The van der Waals surface area contributed by atoms with Crippen molar-refractivity contribution in [2.75, 3.05) is 11.9 Å². The molecule has 2 rings (SSSR count). The van der Waals surface area contributed by atoms with Crippen molar-refractivity contribution in [3.05, 3.63) is 30.1 Å². The van der Waals surface area contributed by atoms with Crippen molar-refractivity contribution >= 4 is 11.6 Å². The Morgan fingerprint density at radius 1 is 1.39 bits per heavy atom. The summed E-state index contributed by atoms with van der Waals surface area (Å²) < 4.78 is 13.3. The van der Waals surface area contributed by atoms with Crippen LogP contribution in [0.4, 0.5) is 10.1 Å². The van der Waals surface area contributed by atoms with Crippen LogP contribution in [-0.4, -0.2) is 18.5 Å². The maximum absolute atomic E-state index is 13.3. The third-order valence-corrected chi connectivity index (χ3v) is 3.39. The Hall–Kier alpha value is -1.42. The van der Waals surface area contributed by atoms with Crippen LogP contribution < -0.4 is 10.6 Å².